The Bertz CT molecular complexity index is 318. The van der Waals surface area contributed by atoms with Crippen LogP contribution in [0.2, 0.25) is 0 Å². The molecule has 0 aromatic heterocycles. The topological polar surface area (TPSA) is 21.3 Å². The summed E-state index contributed by atoms with van der Waals surface area (Å²) in [4.78, 5) is 0. The molecule has 0 heterocycles. The molecule has 0 aliphatic heterocycles. The fourth-order valence-corrected chi connectivity index (χ4v) is 1.80. The van der Waals surface area contributed by atoms with Crippen LogP contribution in [0.15, 0.2) is 24.3 Å². The van der Waals surface area contributed by atoms with E-state index in [-0.39, 0.29) is 0 Å². The van der Waals surface area contributed by atoms with Crippen LogP contribution in [0.3, 0.4) is 0 Å². The Kier molecular flexibility index (Phi) is 6.99. The molecule has 0 saturated heterocycles. The number of hydrogen-bond acceptors (Lipinski definition) is 2. The van der Waals surface area contributed by atoms with E-state index in [1.807, 2.05) is 0 Å². The Morgan fingerprint density at radius 3 is 2.22 bits per heavy atom. The zero-order valence-corrected chi connectivity index (χ0v) is 12.2. The quantitative estimate of drug-likeness (QED) is 0.754. The molecule has 1 unspecified atom stereocenters. The zero-order chi connectivity index (χ0) is 13.4. The molecule has 1 aromatic rings. The summed E-state index contributed by atoms with van der Waals surface area (Å²) in [7, 11) is 0. The van der Waals surface area contributed by atoms with Crippen molar-refractivity contribution < 1.29 is 4.74 Å². The summed E-state index contributed by atoms with van der Waals surface area (Å²) in [6.45, 7) is 10.3. The molecule has 0 saturated carbocycles. The van der Waals surface area contributed by atoms with Gasteiger partial charge in [0.2, 0.25) is 0 Å². The molecule has 2 heteroatoms. The molecule has 0 fully saturated rings. The number of rotatable bonds is 8. The fraction of sp³-hybridized carbons (Fsp3) is 0.625. The van der Waals surface area contributed by atoms with Gasteiger partial charge in [0.05, 0.1) is 12.7 Å². The lowest BCUT2D eigenvalue weighted by Gasteiger charge is -2.12. The highest BCUT2D eigenvalue weighted by molar-refractivity contribution is 5.21. The predicted molar refractivity (Wildman–Crippen MR) is 77.6 cm³/mol. The minimum absolute atomic E-state index is 0.359. The molecule has 18 heavy (non-hydrogen) atoms. The van der Waals surface area contributed by atoms with E-state index in [4.69, 9.17) is 4.74 Å². The number of benzene rings is 1. The first kappa shape index (κ1) is 15.2. The van der Waals surface area contributed by atoms with Gasteiger partial charge in [0.15, 0.2) is 0 Å². The summed E-state index contributed by atoms with van der Waals surface area (Å²) in [6, 6.07) is 9.21. The van der Waals surface area contributed by atoms with Crippen molar-refractivity contribution in [2.75, 3.05) is 0 Å². The summed E-state index contributed by atoms with van der Waals surface area (Å²) < 4.78 is 5.79. The van der Waals surface area contributed by atoms with Gasteiger partial charge in [-0.05, 0) is 24.5 Å². The molecule has 0 aliphatic carbocycles. The van der Waals surface area contributed by atoms with Crippen LogP contribution in [-0.2, 0) is 17.9 Å². The van der Waals surface area contributed by atoms with E-state index in [1.54, 1.807) is 0 Å². The highest BCUT2D eigenvalue weighted by Gasteiger charge is 2.01. The second-order valence-electron chi connectivity index (χ2n) is 5.26. The van der Waals surface area contributed by atoms with E-state index < -0.39 is 0 Å². The summed E-state index contributed by atoms with van der Waals surface area (Å²) in [5.41, 5.74) is 2.58. The SMILES string of the molecule is CCCC(C)OCc1ccc(CNC(C)C)cc1. The van der Waals surface area contributed by atoms with Crippen LogP contribution in [0.4, 0.5) is 0 Å². The van der Waals surface area contributed by atoms with Crippen molar-refractivity contribution in [2.45, 2.75) is 65.8 Å². The fourth-order valence-electron chi connectivity index (χ4n) is 1.80. The third kappa shape index (κ3) is 6.18. The van der Waals surface area contributed by atoms with Gasteiger partial charge < -0.3 is 10.1 Å². The van der Waals surface area contributed by atoms with Gasteiger partial charge in [0.25, 0.3) is 0 Å². The smallest absolute Gasteiger partial charge is 0.0720 e. The van der Waals surface area contributed by atoms with Crippen molar-refractivity contribution >= 4 is 0 Å². The molecule has 1 aromatic carbocycles. The number of hydrogen-bond donors (Lipinski definition) is 1. The van der Waals surface area contributed by atoms with Crippen molar-refractivity contribution in [3.8, 4) is 0 Å². The van der Waals surface area contributed by atoms with E-state index in [2.05, 4.69) is 57.3 Å². The molecular formula is C16H27NO. The average molecular weight is 249 g/mol. The molecule has 0 radical (unpaired) electrons. The van der Waals surface area contributed by atoms with E-state index in [9.17, 15) is 0 Å². The first-order valence-corrected chi connectivity index (χ1v) is 7.04. The molecule has 1 atom stereocenters. The van der Waals surface area contributed by atoms with Crippen molar-refractivity contribution in [3.63, 3.8) is 0 Å². The normalized spacial score (nSPS) is 12.9. The maximum absolute atomic E-state index is 5.79. The van der Waals surface area contributed by atoms with Gasteiger partial charge in [0.1, 0.15) is 0 Å². The Hall–Kier alpha value is -0.860. The Morgan fingerprint density at radius 1 is 1.06 bits per heavy atom. The van der Waals surface area contributed by atoms with E-state index in [1.165, 1.54) is 17.5 Å². The zero-order valence-electron chi connectivity index (χ0n) is 12.2. The van der Waals surface area contributed by atoms with Gasteiger partial charge in [-0.15, -0.1) is 0 Å². The predicted octanol–water partition coefficient (Wildman–Crippen LogP) is 3.89. The largest absolute Gasteiger partial charge is 0.374 e. The van der Waals surface area contributed by atoms with Crippen molar-refractivity contribution in [3.05, 3.63) is 35.4 Å². The molecular weight excluding hydrogens is 222 g/mol. The number of nitrogens with one attached hydrogen (secondary N) is 1. The second-order valence-corrected chi connectivity index (χ2v) is 5.26. The Morgan fingerprint density at radius 2 is 1.67 bits per heavy atom. The van der Waals surface area contributed by atoms with Crippen LogP contribution in [0.5, 0.6) is 0 Å². The van der Waals surface area contributed by atoms with E-state index in [0.29, 0.717) is 12.1 Å². The first-order valence-electron chi connectivity index (χ1n) is 7.04. The minimum Gasteiger partial charge on any atom is -0.374 e. The lowest BCUT2D eigenvalue weighted by Crippen LogP contribution is -2.21. The average Bonchev–Trinajstić information content (AvgIpc) is 2.35. The summed E-state index contributed by atoms with van der Waals surface area (Å²) in [5.74, 6) is 0. The molecule has 1 N–H and O–H groups in total. The van der Waals surface area contributed by atoms with Gasteiger partial charge in [-0.3, -0.25) is 0 Å². The molecule has 2 nitrogen and oxygen atoms in total. The summed E-state index contributed by atoms with van der Waals surface area (Å²) in [6.07, 6.45) is 2.68. The van der Waals surface area contributed by atoms with Gasteiger partial charge in [-0.1, -0.05) is 51.5 Å². The highest BCUT2D eigenvalue weighted by atomic mass is 16.5. The molecule has 0 bridgehead atoms. The van der Waals surface area contributed by atoms with Gasteiger partial charge in [0, 0.05) is 12.6 Å². The Labute approximate surface area is 112 Å². The van der Waals surface area contributed by atoms with Gasteiger partial charge in [-0.25, -0.2) is 0 Å². The molecule has 0 spiro atoms. The van der Waals surface area contributed by atoms with Crippen LogP contribution in [-0.4, -0.2) is 12.1 Å². The van der Waals surface area contributed by atoms with E-state index >= 15 is 0 Å². The van der Waals surface area contributed by atoms with Crippen molar-refractivity contribution in [1.29, 1.82) is 0 Å². The first-order chi connectivity index (χ1) is 8.61. The maximum atomic E-state index is 5.79. The summed E-state index contributed by atoms with van der Waals surface area (Å²) >= 11 is 0. The van der Waals surface area contributed by atoms with Crippen molar-refractivity contribution in [1.82, 2.24) is 5.32 Å². The third-order valence-electron chi connectivity index (χ3n) is 2.97. The van der Waals surface area contributed by atoms with Crippen LogP contribution in [0.1, 0.15) is 51.7 Å². The molecule has 0 amide bonds. The summed E-state index contributed by atoms with van der Waals surface area (Å²) in [5, 5.41) is 3.42. The van der Waals surface area contributed by atoms with Crippen LogP contribution < -0.4 is 5.32 Å². The van der Waals surface area contributed by atoms with Crippen molar-refractivity contribution in [2.24, 2.45) is 0 Å². The monoisotopic (exact) mass is 249 g/mol. The maximum Gasteiger partial charge on any atom is 0.0720 e. The lowest BCUT2D eigenvalue weighted by molar-refractivity contribution is 0.0472. The number of ether oxygens (including phenoxy) is 1. The molecule has 1 rings (SSSR count). The lowest BCUT2D eigenvalue weighted by atomic mass is 10.1. The van der Waals surface area contributed by atoms with Crippen LogP contribution >= 0.6 is 0 Å². The van der Waals surface area contributed by atoms with Gasteiger partial charge >= 0.3 is 0 Å². The molecule has 102 valence electrons. The standard InChI is InChI=1S/C16H27NO/c1-5-6-14(4)18-12-16-9-7-15(8-10-16)11-17-13(2)3/h7-10,13-14,17H,5-6,11-12H2,1-4H3. The third-order valence-corrected chi connectivity index (χ3v) is 2.97. The van der Waals surface area contributed by atoms with Crippen LogP contribution in [0.25, 0.3) is 0 Å². The highest BCUT2D eigenvalue weighted by Crippen LogP contribution is 2.09. The van der Waals surface area contributed by atoms with E-state index in [0.717, 1.165) is 19.6 Å². The minimum atomic E-state index is 0.359. The second kappa shape index (κ2) is 8.28. The molecule has 0 aliphatic rings. The Balaban J connectivity index is 2.35. The van der Waals surface area contributed by atoms with Gasteiger partial charge in [-0.2, -0.15) is 0 Å². The van der Waals surface area contributed by atoms with Crippen LogP contribution in [0, 0.1) is 0 Å².